The van der Waals surface area contributed by atoms with Crippen molar-refractivity contribution < 1.29 is 14.3 Å². The number of nitrogens with zero attached hydrogens (tertiary/aromatic N) is 1. The first-order valence-corrected chi connectivity index (χ1v) is 9.34. The van der Waals surface area contributed by atoms with Crippen LogP contribution in [0.25, 0.3) is 0 Å². The number of carbonyl (C=O) groups is 2. The first-order valence-electron chi connectivity index (χ1n) is 8.58. The van der Waals surface area contributed by atoms with Gasteiger partial charge in [0.25, 0.3) is 5.91 Å². The molecule has 1 N–H and O–H groups in total. The average molecular weight is 409 g/mol. The topological polar surface area (TPSA) is 58.6 Å². The third-order valence-corrected chi connectivity index (χ3v) is 4.58. The summed E-state index contributed by atoms with van der Waals surface area (Å²) in [6.07, 6.45) is 0.486. The van der Waals surface area contributed by atoms with E-state index in [1.165, 1.54) is 4.90 Å². The Balaban J connectivity index is 2.15. The minimum Gasteiger partial charge on any atom is -0.484 e. The Kier molecular flexibility index (Phi) is 7.95. The van der Waals surface area contributed by atoms with Gasteiger partial charge in [-0.15, -0.1) is 0 Å². The number of likely N-dealkylation sites (N-methyl/N-ethyl adjacent to an activating group) is 1. The van der Waals surface area contributed by atoms with Crippen LogP contribution < -0.4 is 10.1 Å². The van der Waals surface area contributed by atoms with Gasteiger partial charge in [-0.3, -0.25) is 9.59 Å². The van der Waals surface area contributed by atoms with E-state index in [9.17, 15) is 9.59 Å². The molecule has 0 spiro atoms. The maximum absolute atomic E-state index is 12.8. The van der Waals surface area contributed by atoms with Crippen LogP contribution in [0.2, 0.25) is 10.0 Å². The second-order valence-electron chi connectivity index (χ2n) is 5.93. The van der Waals surface area contributed by atoms with Crippen molar-refractivity contribution in [3.05, 3.63) is 64.1 Å². The number of carbonyl (C=O) groups excluding carboxylic acids is 2. The fraction of sp³-hybridized carbons (Fsp3) is 0.300. The van der Waals surface area contributed by atoms with Gasteiger partial charge >= 0.3 is 0 Å². The Bertz CT molecular complexity index is 764. The Morgan fingerprint density at radius 3 is 2.11 bits per heavy atom. The number of nitrogens with one attached hydrogen (secondary N) is 1. The third kappa shape index (κ3) is 6.15. The Morgan fingerprint density at radius 2 is 1.59 bits per heavy atom. The SMILES string of the molecule is CC[C@@H](C(=O)NC)N(Cc1ccc(Cl)cc1)C(=O)COc1ccc(Cl)cc1. The fourth-order valence-corrected chi connectivity index (χ4v) is 2.88. The van der Waals surface area contributed by atoms with E-state index in [-0.39, 0.29) is 25.0 Å². The van der Waals surface area contributed by atoms with Gasteiger partial charge < -0.3 is 15.0 Å². The summed E-state index contributed by atoms with van der Waals surface area (Å²) < 4.78 is 5.57. The molecule has 2 amide bonds. The van der Waals surface area contributed by atoms with E-state index >= 15 is 0 Å². The highest BCUT2D eigenvalue weighted by Gasteiger charge is 2.28. The number of hydrogen-bond acceptors (Lipinski definition) is 3. The molecule has 0 aromatic heterocycles. The number of ether oxygens (including phenoxy) is 1. The summed E-state index contributed by atoms with van der Waals surface area (Å²) in [7, 11) is 1.56. The number of halogens is 2. The number of amides is 2. The summed E-state index contributed by atoms with van der Waals surface area (Å²) in [6.45, 7) is 1.97. The number of benzene rings is 2. The van der Waals surface area contributed by atoms with Gasteiger partial charge in [0.1, 0.15) is 11.8 Å². The van der Waals surface area contributed by atoms with Crippen LogP contribution in [0.15, 0.2) is 48.5 Å². The molecule has 0 fully saturated rings. The summed E-state index contributed by atoms with van der Waals surface area (Å²) in [5.74, 6) is 0.0360. The Morgan fingerprint density at radius 1 is 1.04 bits per heavy atom. The molecular formula is C20H22Cl2N2O3. The summed E-state index contributed by atoms with van der Waals surface area (Å²) in [4.78, 5) is 26.6. The molecule has 2 aromatic carbocycles. The molecule has 0 aliphatic rings. The lowest BCUT2D eigenvalue weighted by Gasteiger charge is -2.30. The second-order valence-corrected chi connectivity index (χ2v) is 6.80. The van der Waals surface area contributed by atoms with Crippen LogP contribution >= 0.6 is 23.2 Å². The monoisotopic (exact) mass is 408 g/mol. The zero-order valence-corrected chi connectivity index (χ0v) is 16.8. The van der Waals surface area contributed by atoms with Gasteiger partial charge in [0.15, 0.2) is 6.61 Å². The van der Waals surface area contributed by atoms with Gasteiger partial charge in [-0.2, -0.15) is 0 Å². The zero-order chi connectivity index (χ0) is 19.8. The van der Waals surface area contributed by atoms with Crippen molar-refractivity contribution >= 4 is 35.0 Å². The number of hydrogen-bond donors (Lipinski definition) is 1. The van der Waals surface area contributed by atoms with Crippen molar-refractivity contribution in [3.63, 3.8) is 0 Å². The molecular weight excluding hydrogens is 387 g/mol. The Hall–Kier alpha value is -2.24. The first kappa shape index (κ1) is 21.1. The van der Waals surface area contributed by atoms with Gasteiger partial charge in [-0.25, -0.2) is 0 Å². The molecule has 0 bridgehead atoms. The van der Waals surface area contributed by atoms with Crippen LogP contribution in [0, 0.1) is 0 Å². The molecule has 0 unspecified atom stereocenters. The summed E-state index contributed by atoms with van der Waals surface area (Å²) >= 11 is 11.8. The zero-order valence-electron chi connectivity index (χ0n) is 15.2. The Labute approximate surface area is 169 Å². The normalized spacial score (nSPS) is 11.6. The lowest BCUT2D eigenvalue weighted by molar-refractivity contribution is -0.142. The quantitative estimate of drug-likeness (QED) is 0.719. The van der Waals surface area contributed by atoms with Crippen molar-refractivity contribution in [2.45, 2.75) is 25.9 Å². The molecule has 144 valence electrons. The van der Waals surface area contributed by atoms with Crippen LogP contribution in [-0.4, -0.2) is 36.4 Å². The summed E-state index contributed by atoms with van der Waals surface area (Å²) in [5, 5.41) is 3.82. The van der Waals surface area contributed by atoms with Crippen molar-refractivity contribution in [2.24, 2.45) is 0 Å². The largest absolute Gasteiger partial charge is 0.484 e. The average Bonchev–Trinajstić information content (AvgIpc) is 2.68. The summed E-state index contributed by atoms with van der Waals surface area (Å²) in [6, 6.07) is 13.3. The van der Waals surface area contributed by atoms with Crippen LogP contribution in [0.4, 0.5) is 0 Å². The highest BCUT2D eigenvalue weighted by molar-refractivity contribution is 6.30. The molecule has 0 saturated heterocycles. The van der Waals surface area contributed by atoms with Crippen LogP contribution in [0.5, 0.6) is 5.75 Å². The van der Waals surface area contributed by atoms with E-state index in [1.807, 2.05) is 19.1 Å². The van der Waals surface area contributed by atoms with E-state index in [0.717, 1.165) is 5.56 Å². The van der Waals surface area contributed by atoms with E-state index in [0.29, 0.717) is 22.2 Å². The van der Waals surface area contributed by atoms with Gasteiger partial charge in [-0.1, -0.05) is 42.3 Å². The predicted octanol–water partition coefficient (Wildman–Crippen LogP) is 3.93. The van der Waals surface area contributed by atoms with Crippen molar-refractivity contribution in [1.29, 1.82) is 0 Å². The van der Waals surface area contributed by atoms with Crippen LogP contribution in [0.3, 0.4) is 0 Å². The predicted molar refractivity (Wildman–Crippen MR) is 107 cm³/mol. The van der Waals surface area contributed by atoms with Crippen molar-refractivity contribution in [3.8, 4) is 5.75 Å². The number of rotatable bonds is 8. The lowest BCUT2D eigenvalue weighted by Crippen LogP contribution is -2.49. The van der Waals surface area contributed by atoms with E-state index in [4.69, 9.17) is 27.9 Å². The molecule has 0 aliphatic heterocycles. The molecule has 0 heterocycles. The first-order chi connectivity index (χ1) is 12.9. The van der Waals surface area contributed by atoms with Gasteiger partial charge in [-0.05, 0) is 48.4 Å². The van der Waals surface area contributed by atoms with Gasteiger partial charge in [0.05, 0.1) is 0 Å². The molecule has 7 heteroatoms. The molecule has 5 nitrogen and oxygen atoms in total. The highest BCUT2D eigenvalue weighted by Crippen LogP contribution is 2.18. The van der Waals surface area contributed by atoms with E-state index in [1.54, 1.807) is 43.4 Å². The van der Waals surface area contributed by atoms with E-state index in [2.05, 4.69) is 5.32 Å². The molecule has 0 radical (unpaired) electrons. The molecule has 2 aromatic rings. The smallest absolute Gasteiger partial charge is 0.261 e. The van der Waals surface area contributed by atoms with E-state index < -0.39 is 6.04 Å². The molecule has 0 aliphatic carbocycles. The summed E-state index contributed by atoms with van der Waals surface area (Å²) in [5.41, 5.74) is 0.876. The minimum absolute atomic E-state index is 0.178. The lowest BCUT2D eigenvalue weighted by atomic mass is 10.1. The fourth-order valence-electron chi connectivity index (χ4n) is 2.63. The molecule has 2 rings (SSSR count). The van der Waals surface area contributed by atoms with Crippen LogP contribution in [-0.2, 0) is 16.1 Å². The molecule has 1 atom stereocenters. The van der Waals surface area contributed by atoms with Gasteiger partial charge in [0.2, 0.25) is 5.91 Å². The van der Waals surface area contributed by atoms with Crippen LogP contribution in [0.1, 0.15) is 18.9 Å². The maximum atomic E-state index is 12.8. The molecule has 27 heavy (non-hydrogen) atoms. The highest BCUT2D eigenvalue weighted by atomic mass is 35.5. The van der Waals surface area contributed by atoms with Gasteiger partial charge in [0, 0.05) is 23.6 Å². The molecule has 0 saturated carbocycles. The maximum Gasteiger partial charge on any atom is 0.261 e. The van der Waals surface area contributed by atoms with Crippen molar-refractivity contribution in [2.75, 3.05) is 13.7 Å². The third-order valence-electron chi connectivity index (χ3n) is 4.07. The standard InChI is InChI=1S/C20H22Cl2N2O3/c1-3-18(20(26)23-2)24(12-14-4-6-15(21)7-5-14)19(25)13-27-17-10-8-16(22)9-11-17/h4-11,18H,3,12-13H2,1-2H3,(H,23,26)/t18-/m0/s1. The van der Waals surface area contributed by atoms with Crippen molar-refractivity contribution in [1.82, 2.24) is 10.2 Å². The second kappa shape index (κ2) is 10.2. The minimum atomic E-state index is -0.591.